The lowest BCUT2D eigenvalue weighted by molar-refractivity contribution is -0.167. The summed E-state index contributed by atoms with van der Waals surface area (Å²) >= 11 is 0. The maximum absolute atomic E-state index is 12.8. The monoisotopic (exact) mass is 891 g/mol. The van der Waals surface area contributed by atoms with Crippen LogP contribution in [0, 0.1) is 5.92 Å². The molecule has 0 rings (SSSR count). The molecule has 0 aromatic carbocycles. The van der Waals surface area contributed by atoms with Gasteiger partial charge in [-0.2, -0.15) is 0 Å². The largest absolute Gasteiger partial charge is 0.462 e. The smallest absolute Gasteiger partial charge is 0.306 e. The van der Waals surface area contributed by atoms with E-state index in [0.29, 0.717) is 19.3 Å². The fourth-order valence-electron chi connectivity index (χ4n) is 8.72. The Morgan fingerprint density at radius 2 is 0.556 bits per heavy atom. The summed E-state index contributed by atoms with van der Waals surface area (Å²) in [5, 5.41) is 0. The average molecular weight is 892 g/mol. The molecular formula is C57H110O6. The van der Waals surface area contributed by atoms with Crippen LogP contribution in [0.2, 0.25) is 0 Å². The fraction of sp³-hybridized carbons (Fsp3) is 0.947. The third-order valence-corrected chi connectivity index (χ3v) is 13.4. The predicted molar refractivity (Wildman–Crippen MR) is 270 cm³/mol. The Morgan fingerprint density at radius 3 is 0.825 bits per heavy atom. The van der Waals surface area contributed by atoms with E-state index < -0.39 is 6.10 Å². The van der Waals surface area contributed by atoms with Crippen LogP contribution in [0.25, 0.3) is 0 Å². The van der Waals surface area contributed by atoms with Gasteiger partial charge >= 0.3 is 17.9 Å². The molecule has 0 aromatic heterocycles. The van der Waals surface area contributed by atoms with Crippen molar-refractivity contribution in [3.63, 3.8) is 0 Å². The van der Waals surface area contributed by atoms with E-state index in [4.69, 9.17) is 14.2 Å². The highest BCUT2D eigenvalue weighted by Crippen LogP contribution is 2.18. The van der Waals surface area contributed by atoms with Gasteiger partial charge in [-0.15, -0.1) is 0 Å². The Hall–Kier alpha value is -1.59. The number of unbranched alkanes of at least 4 members (excludes halogenated alkanes) is 38. The van der Waals surface area contributed by atoms with E-state index >= 15 is 0 Å². The minimum atomic E-state index is -0.762. The predicted octanol–water partition coefficient (Wildman–Crippen LogP) is 18.6. The number of esters is 3. The zero-order chi connectivity index (χ0) is 45.9. The van der Waals surface area contributed by atoms with Crippen molar-refractivity contribution in [3.05, 3.63) is 0 Å². The molecule has 0 aliphatic carbocycles. The summed E-state index contributed by atoms with van der Waals surface area (Å²) in [6.07, 6.45) is 55.2. The molecule has 0 aromatic rings. The molecule has 0 spiro atoms. The van der Waals surface area contributed by atoms with E-state index in [1.165, 1.54) is 218 Å². The summed E-state index contributed by atoms with van der Waals surface area (Å²) in [5.41, 5.74) is 0. The third kappa shape index (κ3) is 49.7. The first-order valence-corrected chi connectivity index (χ1v) is 28.4. The highest BCUT2D eigenvalue weighted by molar-refractivity contribution is 5.71. The Bertz CT molecular complexity index is 951. The molecule has 0 heterocycles. The molecular weight excluding hydrogens is 781 g/mol. The second kappa shape index (κ2) is 51.4. The normalized spacial score (nSPS) is 12.4. The third-order valence-electron chi connectivity index (χ3n) is 13.4. The van der Waals surface area contributed by atoms with Crippen molar-refractivity contribution in [2.45, 2.75) is 329 Å². The Morgan fingerprint density at radius 1 is 0.317 bits per heavy atom. The van der Waals surface area contributed by atoms with Gasteiger partial charge in [-0.1, -0.05) is 285 Å². The molecule has 6 nitrogen and oxygen atoms in total. The van der Waals surface area contributed by atoms with Gasteiger partial charge in [-0.3, -0.25) is 14.4 Å². The number of carbonyl (C=O) groups is 3. The molecule has 0 bridgehead atoms. The van der Waals surface area contributed by atoms with Gasteiger partial charge < -0.3 is 14.2 Å². The molecule has 6 heteroatoms. The van der Waals surface area contributed by atoms with Crippen LogP contribution in [0.3, 0.4) is 0 Å². The number of rotatable bonds is 52. The van der Waals surface area contributed by atoms with Crippen molar-refractivity contribution in [1.82, 2.24) is 0 Å². The number of ether oxygens (including phenoxy) is 3. The lowest BCUT2D eigenvalue weighted by atomic mass is 9.99. The van der Waals surface area contributed by atoms with Crippen LogP contribution in [-0.2, 0) is 28.6 Å². The van der Waals surface area contributed by atoms with E-state index in [1.807, 2.05) is 0 Å². The van der Waals surface area contributed by atoms with Crippen molar-refractivity contribution in [3.8, 4) is 0 Å². The number of hydrogen-bond donors (Lipinski definition) is 0. The number of hydrogen-bond acceptors (Lipinski definition) is 6. The van der Waals surface area contributed by atoms with E-state index in [0.717, 1.165) is 63.7 Å². The molecule has 0 amide bonds. The first-order chi connectivity index (χ1) is 30.9. The minimum Gasteiger partial charge on any atom is -0.462 e. The van der Waals surface area contributed by atoms with Crippen molar-refractivity contribution in [2.75, 3.05) is 13.2 Å². The lowest BCUT2D eigenvalue weighted by Crippen LogP contribution is -2.30. The molecule has 0 fully saturated rings. The first kappa shape index (κ1) is 61.4. The summed E-state index contributed by atoms with van der Waals surface area (Å²) in [5.74, 6) is 0.00535. The first-order valence-electron chi connectivity index (χ1n) is 28.4. The molecule has 0 saturated heterocycles. The summed E-state index contributed by atoms with van der Waals surface area (Å²) in [6, 6.07) is 0. The van der Waals surface area contributed by atoms with Gasteiger partial charge in [-0.25, -0.2) is 0 Å². The Kier molecular flexibility index (Phi) is 50.1. The lowest BCUT2D eigenvalue weighted by Gasteiger charge is -2.18. The molecule has 0 radical (unpaired) electrons. The Labute approximate surface area is 393 Å². The summed E-state index contributed by atoms with van der Waals surface area (Å²) in [6.45, 7) is 9.05. The molecule has 0 aliphatic heterocycles. The minimum absolute atomic E-state index is 0.0626. The van der Waals surface area contributed by atoms with Crippen LogP contribution in [0.1, 0.15) is 323 Å². The van der Waals surface area contributed by atoms with Gasteiger partial charge in [0, 0.05) is 19.3 Å². The van der Waals surface area contributed by atoms with Crippen LogP contribution >= 0.6 is 0 Å². The van der Waals surface area contributed by atoms with Crippen molar-refractivity contribution >= 4 is 17.9 Å². The quantitative estimate of drug-likeness (QED) is 0.0344. The van der Waals surface area contributed by atoms with E-state index in [1.54, 1.807) is 0 Å². The SMILES string of the molecule is CCCCCCCCCCCCCCCCCCCCC(=O)OC[C@@H](COC(=O)CCCCCCCCCCCCCCCCC)OC(=O)CCCCCCCCCCC(C)CC. The van der Waals surface area contributed by atoms with Crippen LogP contribution in [0.5, 0.6) is 0 Å². The molecule has 63 heavy (non-hydrogen) atoms. The zero-order valence-corrected chi connectivity index (χ0v) is 43.0. The van der Waals surface area contributed by atoms with E-state index in [-0.39, 0.29) is 31.1 Å². The molecule has 1 unspecified atom stereocenters. The molecule has 374 valence electrons. The molecule has 2 atom stereocenters. The van der Waals surface area contributed by atoms with Crippen LogP contribution < -0.4 is 0 Å². The van der Waals surface area contributed by atoms with Gasteiger partial charge in [0.05, 0.1) is 0 Å². The highest BCUT2D eigenvalue weighted by atomic mass is 16.6. The van der Waals surface area contributed by atoms with Crippen molar-refractivity contribution < 1.29 is 28.6 Å². The summed E-state index contributed by atoms with van der Waals surface area (Å²) in [7, 11) is 0. The zero-order valence-electron chi connectivity index (χ0n) is 43.0. The molecule has 0 saturated carbocycles. The van der Waals surface area contributed by atoms with Gasteiger partial charge in [0.25, 0.3) is 0 Å². The summed E-state index contributed by atoms with van der Waals surface area (Å²) in [4.78, 5) is 38.1. The fourth-order valence-corrected chi connectivity index (χ4v) is 8.72. The second-order valence-corrected chi connectivity index (χ2v) is 19.8. The van der Waals surface area contributed by atoms with E-state index in [9.17, 15) is 14.4 Å². The van der Waals surface area contributed by atoms with Gasteiger partial charge in [-0.05, 0) is 25.2 Å². The molecule has 0 aliphatic rings. The van der Waals surface area contributed by atoms with Gasteiger partial charge in [0.15, 0.2) is 6.10 Å². The maximum Gasteiger partial charge on any atom is 0.306 e. The van der Waals surface area contributed by atoms with Crippen LogP contribution in [-0.4, -0.2) is 37.2 Å². The Balaban J connectivity index is 4.27. The van der Waals surface area contributed by atoms with Crippen molar-refractivity contribution in [2.24, 2.45) is 5.92 Å². The summed E-state index contributed by atoms with van der Waals surface area (Å²) < 4.78 is 16.9. The van der Waals surface area contributed by atoms with Crippen LogP contribution in [0.4, 0.5) is 0 Å². The molecule has 0 N–H and O–H groups in total. The second-order valence-electron chi connectivity index (χ2n) is 19.8. The highest BCUT2D eigenvalue weighted by Gasteiger charge is 2.19. The van der Waals surface area contributed by atoms with Crippen molar-refractivity contribution in [1.29, 1.82) is 0 Å². The van der Waals surface area contributed by atoms with Gasteiger partial charge in [0.2, 0.25) is 0 Å². The average Bonchev–Trinajstić information content (AvgIpc) is 3.28. The van der Waals surface area contributed by atoms with E-state index in [2.05, 4.69) is 27.7 Å². The maximum atomic E-state index is 12.8. The number of carbonyl (C=O) groups excluding carboxylic acids is 3. The van der Waals surface area contributed by atoms with Crippen LogP contribution in [0.15, 0.2) is 0 Å². The topological polar surface area (TPSA) is 78.9 Å². The van der Waals surface area contributed by atoms with Gasteiger partial charge in [0.1, 0.15) is 13.2 Å². The standard InChI is InChI=1S/C57H110O6/c1-5-8-10-12-14-16-18-20-22-23-24-26-28-30-32-37-41-45-49-56(59)62-52-54(63-57(60)50-46-42-38-34-33-35-39-43-47-53(4)7-3)51-61-55(58)48-44-40-36-31-29-27-25-21-19-17-15-13-11-9-6-2/h53-54H,5-52H2,1-4H3/t53?,54-/m1/s1.